The standard InChI is InChI=1S/C36H48FIN4O/c1-2-42-36(31(24-40-42)15-14-27-8-4-3-5-9-27)29-16-18-41(19-17-29)25-32(23-39-34(26-43)20-28-10-6-11-28)35(22-38)30-12-7-13-33(37)21-30/h3-5,7-9,12-13,21,24,26,28-29,32,34-35,39H,2,6,10-11,14-20,22-23,25H2,1H3/t32-,34-,35-/m0/s1. The molecule has 232 valence electrons. The summed E-state index contributed by atoms with van der Waals surface area (Å²) in [6.07, 6.45) is 12.2. The molecule has 1 aromatic heterocycles. The molecule has 1 aliphatic carbocycles. The van der Waals surface area contributed by atoms with Crippen LogP contribution in [0.2, 0.25) is 0 Å². The van der Waals surface area contributed by atoms with Gasteiger partial charge in [0.05, 0.1) is 12.2 Å². The maximum Gasteiger partial charge on any atom is 0.136 e. The van der Waals surface area contributed by atoms with Crippen molar-refractivity contribution in [2.24, 2.45) is 11.8 Å². The average molecular weight is 699 g/mol. The van der Waals surface area contributed by atoms with Gasteiger partial charge in [0.25, 0.3) is 0 Å². The Bertz CT molecular complexity index is 1270. The molecule has 2 heterocycles. The second-order valence-electron chi connectivity index (χ2n) is 12.7. The summed E-state index contributed by atoms with van der Waals surface area (Å²) in [5.41, 5.74) is 5.27. The first-order chi connectivity index (χ1) is 21.1. The number of piperidine rings is 1. The van der Waals surface area contributed by atoms with E-state index in [4.69, 9.17) is 5.10 Å². The van der Waals surface area contributed by atoms with E-state index in [1.54, 1.807) is 6.07 Å². The van der Waals surface area contributed by atoms with E-state index in [0.29, 0.717) is 17.8 Å². The number of carbonyl (C=O) groups is 1. The highest BCUT2D eigenvalue weighted by atomic mass is 127. The van der Waals surface area contributed by atoms with Crippen LogP contribution in [0.5, 0.6) is 0 Å². The molecule has 1 saturated heterocycles. The van der Waals surface area contributed by atoms with Crippen LogP contribution in [0.1, 0.15) is 79.7 Å². The lowest BCUT2D eigenvalue weighted by atomic mass is 9.80. The summed E-state index contributed by atoms with van der Waals surface area (Å²) in [5, 5.41) is 8.41. The fourth-order valence-electron chi connectivity index (χ4n) is 7.13. The molecule has 0 spiro atoms. The van der Waals surface area contributed by atoms with E-state index in [1.807, 2.05) is 6.07 Å². The quantitative estimate of drug-likeness (QED) is 0.0979. The maximum absolute atomic E-state index is 14.3. The summed E-state index contributed by atoms with van der Waals surface area (Å²) in [6.45, 7) is 6.91. The molecule has 0 radical (unpaired) electrons. The number of aldehydes is 1. The van der Waals surface area contributed by atoms with E-state index in [9.17, 15) is 9.18 Å². The van der Waals surface area contributed by atoms with Gasteiger partial charge in [-0.2, -0.15) is 5.10 Å². The fraction of sp³-hybridized carbons (Fsp3) is 0.556. The number of benzene rings is 2. The highest BCUT2D eigenvalue weighted by Crippen LogP contribution is 2.34. The number of nitrogens with zero attached hydrogens (tertiary/aromatic N) is 3. The zero-order valence-electron chi connectivity index (χ0n) is 25.6. The summed E-state index contributed by atoms with van der Waals surface area (Å²) in [7, 11) is 0. The molecule has 5 nitrogen and oxygen atoms in total. The molecule has 0 amide bonds. The molecule has 5 rings (SSSR count). The Hall–Kier alpha value is -2.10. The van der Waals surface area contributed by atoms with Gasteiger partial charge in [-0.15, -0.1) is 0 Å². The van der Waals surface area contributed by atoms with Crippen LogP contribution in [0.4, 0.5) is 4.39 Å². The minimum Gasteiger partial charge on any atom is -0.307 e. The molecule has 1 saturated carbocycles. The van der Waals surface area contributed by atoms with Gasteiger partial charge in [-0.05, 0) is 98.7 Å². The second kappa shape index (κ2) is 16.3. The number of halogens is 2. The minimum atomic E-state index is -0.175. The number of carbonyl (C=O) groups excluding carboxylic acids is 1. The number of alkyl halides is 1. The molecule has 2 aromatic carbocycles. The average Bonchev–Trinajstić information content (AvgIpc) is 3.43. The van der Waals surface area contributed by atoms with Crippen molar-refractivity contribution in [3.05, 3.63) is 89.0 Å². The number of aryl methyl sites for hydroxylation is 3. The number of hydrogen-bond acceptors (Lipinski definition) is 4. The lowest BCUT2D eigenvalue weighted by molar-refractivity contribution is -0.110. The Labute approximate surface area is 271 Å². The summed E-state index contributed by atoms with van der Waals surface area (Å²) in [5.74, 6) is 1.54. The smallest absolute Gasteiger partial charge is 0.136 e. The monoisotopic (exact) mass is 698 g/mol. The largest absolute Gasteiger partial charge is 0.307 e. The van der Waals surface area contributed by atoms with Crippen LogP contribution in [-0.4, -0.2) is 57.6 Å². The third-order valence-corrected chi connectivity index (χ3v) is 10.8. The second-order valence-corrected chi connectivity index (χ2v) is 13.6. The topological polar surface area (TPSA) is 50.2 Å². The van der Waals surface area contributed by atoms with Crippen molar-refractivity contribution in [3.63, 3.8) is 0 Å². The van der Waals surface area contributed by atoms with Gasteiger partial charge in [-0.3, -0.25) is 4.68 Å². The van der Waals surface area contributed by atoms with E-state index >= 15 is 0 Å². The molecule has 0 unspecified atom stereocenters. The number of nitrogens with one attached hydrogen (secondary N) is 1. The molecular weight excluding hydrogens is 650 g/mol. The number of likely N-dealkylation sites (tertiary alicyclic amines) is 1. The fourth-order valence-corrected chi connectivity index (χ4v) is 8.36. The van der Waals surface area contributed by atoms with Crippen molar-refractivity contribution in [3.8, 4) is 0 Å². The van der Waals surface area contributed by atoms with E-state index in [-0.39, 0.29) is 17.8 Å². The van der Waals surface area contributed by atoms with E-state index < -0.39 is 0 Å². The van der Waals surface area contributed by atoms with Gasteiger partial charge in [-0.1, -0.05) is 84.3 Å². The summed E-state index contributed by atoms with van der Waals surface area (Å²) >= 11 is 2.46. The molecule has 0 bridgehead atoms. The van der Waals surface area contributed by atoms with Crippen molar-refractivity contribution in [1.82, 2.24) is 20.0 Å². The lowest BCUT2D eigenvalue weighted by Gasteiger charge is -2.37. The first-order valence-electron chi connectivity index (χ1n) is 16.4. The minimum absolute atomic E-state index is 0.0930. The molecular formula is C36H48FIN4O. The van der Waals surface area contributed by atoms with Gasteiger partial charge in [0.15, 0.2) is 0 Å². The van der Waals surface area contributed by atoms with Gasteiger partial charge < -0.3 is 15.0 Å². The SMILES string of the molecule is CCn1ncc(CCc2ccccc2)c1C1CCN(C[C@H](CN[C@H](C=O)CC2CCC2)[C@@H](CI)c2cccc(F)c2)CC1. The van der Waals surface area contributed by atoms with Crippen LogP contribution < -0.4 is 5.32 Å². The van der Waals surface area contributed by atoms with Gasteiger partial charge >= 0.3 is 0 Å². The number of hydrogen-bond donors (Lipinski definition) is 1. The van der Waals surface area contributed by atoms with Crippen molar-refractivity contribution < 1.29 is 9.18 Å². The summed E-state index contributed by atoms with van der Waals surface area (Å²) in [6, 6.07) is 17.8. The number of rotatable bonds is 16. The van der Waals surface area contributed by atoms with Crippen LogP contribution in [0.25, 0.3) is 0 Å². The van der Waals surface area contributed by atoms with Crippen LogP contribution in [-0.2, 0) is 24.2 Å². The van der Waals surface area contributed by atoms with Gasteiger partial charge in [0.1, 0.15) is 12.1 Å². The zero-order valence-corrected chi connectivity index (χ0v) is 27.8. The van der Waals surface area contributed by atoms with E-state index in [1.165, 1.54) is 42.1 Å². The predicted molar refractivity (Wildman–Crippen MR) is 181 cm³/mol. The van der Waals surface area contributed by atoms with Crippen molar-refractivity contribution >= 4 is 28.9 Å². The first kappa shape index (κ1) is 32.3. The molecule has 1 aliphatic heterocycles. The Balaban J connectivity index is 1.24. The third-order valence-electron chi connectivity index (χ3n) is 9.88. The Morgan fingerprint density at radius 3 is 2.51 bits per heavy atom. The molecule has 3 aromatic rings. The lowest BCUT2D eigenvalue weighted by Crippen LogP contribution is -2.44. The van der Waals surface area contributed by atoms with Crippen LogP contribution >= 0.6 is 22.6 Å². The molecule has 2 aliphatic rings. The summed E-state index contributed by atoms with van der Waals surface area (Å²) < 4.78 is 17.4. The van der Waals surface area contributed by atoms with Crippen LogP contribution in [0.15, 0.2) is 60.8 Å². The van der Waals surface area contributed by atoms with E-state index in [2.05, 4.69) is 87.0 Å². The maximum atomic E-state index is 14.3. The van der Waals surface area contributed by atoms with Gasteiger partial charge in [-0.25, -0.2) is 4.39 Å². The Morgan fingerprint density at radius 2 is 1.86 bits per heavy atom. The predicted octanol–water partition coefficient (Wildman–Crippen LogP) is 7.19. The van der Waals surface area contributed by atoms with Gasteiger partial charge in [0, 0.05) is 35.7 Å². The zero-order chi connectivity index (χ0) is 30.0. The van der Waals surface area contributed by atoms with Crippen molar-refractivity contribution in [2.45, 2.75) is 82.7 Å². The summed E-state index contributed by atoms with van der Waals surface area (Å²) in [4.78, 5) is 14.6. The molecule has 1 N–H and O–H groups in total. The van der Waals surface area contributed by atoms with Crippen molar-refractivity contribution in [2.75, 3.05) is 30.6 Å². The van der Waals surface area contributed by atoms with Gasteiger partial charge in [0.2, 0.25) is 0 Å². The van der Waals surface area contributed by atoms with E-state index in [0.717, 1.165) is 81.1 Å². The number of aromatic nitrogens is 2. The normalized spacial score (nSPS) is 18.7. The van der Waals surface area contributed by atoms with Crippen LogP contribution in [0, 0.1) is 17.7 Å². The molecule has 2 fully saturated rings. The highest BCUT2D eigenvalue weighted by molar-refractivity contribution is 14.1. The van der Waals surface area contributed by atoms with Crippen LogP contribution in [0.3, 0.4) is 0 Å². The molecule has 7 heteroatoms. The van der Waals surface area contributed by atoms with Crippen molar-refractivity contribution in [1.29, 1.82) is 0 Å². The first-order valence-corrected chi connectivity index (χ1v) is 17.9. The molecule has 43 heavy (non-hydrogen) atoms. The highest BCUT2D eigenvalue weighted by Gasteiger charge is 2.31. The Kier molecular flexibility index (Phi) is 12.2. The third kappa shape index (κ3) is 8.76. The Morgan fingerprint density at radius 1 is 1.07 bits per heavy atom. The molecule has 3 atom stereocenters.